The Labute approximate surface area is 142 Å². The number of aliphatic carboxylic acids is 1. The van der Waals surface area contributed by atoms with Gasteiger partial charge in [-0.3, -0.25) is 4.99 Å². The highest BCUT2D eigenvalue weighted by atomic mass is 35.5. The van der Waals surface area contributed by atoms with E-state index in [4.69, 9.17) is 28.3 Å². The van der Waals surface area contributed by atoms with Crippen LogP contribution in [0.4, 0.5) is 5.69 Å². The Balaban J connectivity index is 0.000000257. The van der Waals surface area contributed by atoms with Gasteiger partial charge in [0.2, 0.25) is 0 Å². The van der Waals surface area contributed by atoms with E-state index >= 15 is 0 Å². The molecule has 1 aliphatic rings. The van der Waals surface area contributed by atoms with Gasteiger partial charge >= 0.3 is 11.9 Å². The monoisotopic (exact) mass is 359 g/mol. The van der Waals surface area contributed by atoms with Crippen LogP contribution in [-0.2, 0) is 14.3 Å². The third kappa shape index (κ3) is 7.03. The minimum atomic E-state index is -1.17. The van der Waals surface area contributed by atoms with Gasteiger partial charge < -0.3 is 20.5 Å². The maximum Gasteiger partial charge on any atom is 0.330 e. The maximum atomic E-state index is 10.1. The first-order valence-electron chi connectivity index (χ1n) is 6.42. The molecule has 0 aliphatic carbocycles. The fourth-order valence-corrected chi connectivity index (χ4v) is 1.92. The predicted octanol–water partition coefficient (Wildman–Crippen LogP) is 2.16. The standard InChI is InChI=1S/C9H9Cl2N3.C5H6O4/c10-6-2-1-3-7(11)8(6)14-9-12-4-5-13-9;1-9-5(8)3-2-4(6)7/h1-3H,4-5H2,(H2,12,13,14);2-3H,1H3,(H,6,7)/b;3-2+. The van der Waals surface area contributed by atoms with Gasteiger partial charge in [-0.25, -0.2) is 9.59 Å². The number of ether oxygens (including phenoxy) is 1. The van der Waals surface area contributed by atoms with E-state index in [9.17, 15) is 9.59 Å². The molecule has 0 spiro atoms. The molecule has 124 valence electrons. The summed E-state index contributed by atoms with van der Waals surface area (Å²) < 4.78 is 4.11. The van der Waals surface area contributed by atoms with Crippen LogP contribution in [0, 0.1) is 0 Å². The van der Waals surface area contributed by atoms with Crippen molar-refractivity contribution in [3.8, 4) is 0 Å². The molecule has 9 heteroatoms. The molecule has 0 amide bonds. The van der Waals surface area contributed by atoms with Crippen LogP contribution >= 0.6 is 23.2 Å². The van der Waals surface area contributed by atoms with Crippen LogP contribution < -0.4 is 10.6 Å². The zero-order valence-corrected chi connectivity index (χ0v) is 13.7. The second kappa shape index (κ2) is 9.70. The number of carbonyl (C=O) groups is 2. The molecule has 1 aliphatic heterocycles. The molecule has 23 heavy (non-hydrogen) atoms. The Morgan fingerprint density at radius 1 is 1.35 bits per heavy atom. The number of nitrogens with zero attached hydrogens (tertiary/aromatic N) is 1. The summed E-state index contributed by atoms with van der Waals surface area (Å²) in [7, 11) is 1.18. The maximum absolute atomic E-state index is 10.1. The van der Waals surface area contributed by atoms with E-state index in [1.54, 1.807) is 18.2 Å². The Bertz CT molecular complexity index is 612. The third-order valence-electron chi connectivity index (χ3n) is 2.44. The topological polar surface area (TPSA) is 100 Å². The fourth-order valence-electron chi connectivity index (χ4n) is 1.42. The van der Waals surface area contributed by atoms with Crippen molar-refractivity contribution in [1.29, 1.82) is 0 Å². The Hall–Kier alpha value is -2.25. The molecule has 0 radical (unpaired) electrons. The van der Waals surface area contributed by atoms with Gasteiger partial charge in [-0.2, -0.15) is 0 Å². The highest BCUT2D eigenvalue weighted by Crippen LogP contribution is 2.29. The molecule has 2 rings (SSSR count). The quantitative estimate of drug-likeness (QED) is 0.564. The number of carboxylic acid groups (broad SMARTS) is 1. The SMILES string of the molecule is COC(=O)/C=C/C(=O)O.Clc1cccc(Cl)c1NC1=NCCN1. The molecule has 0 fully saturated rings. The number of para-hydroxylation sites is 1. The van der Waals surface area contributed by atoms with Crippen molar-refractivity contribution in [3.63, 3.8) is 0 Å². The van der Waals surface area contributed by atoms with Crippen molar-refractivity contribution in [2.75, 3.05) is 25.5 Å². The van der Waals surface area contributed by atoms with Crippen molar-refractivity contribution in [2.45, 2.75) is 0 Å². The van der Waals surface area contributed by atoms with Gasteiger partial charge in [0.05, 0.1) is 29.4 Å². The number of carboxylic acids is 1. The Morgan fingerprint density at radius 3 is 2.48 bits per heavy atom. The largest absolute Gasteiger partial charge is 0.478 e. The zero-order chi connectivity index (χ0) is 17.2. The van der Waals surface area contributed by atoms with Crippen molar-refractivity contribution >= 4 is 46.8 Å². The number of benzene rings is 1. The van der Waals surface area contributed by atoms with E-state index in [1.807, 2.05) is 0 Å². The lowest BCUT2D eigenvalue weighted by Crippen LogP contribution is -2.26. The number of halogens is 2. The molecule has 0 aromatic heterocycles. The van der Waals surface area contributed by atoms with E-state index < -0.39 is 11.9 Å². The number of guanidine groups is 1. The van der Waals surface area contributed by atoms with E-state index in [2.05, 4.69) is 20.4 Å². The fraction of sp³-hybridized carbons (Fsp3) is 0.214. The number of rotatable bonds is 3. The van der Waals surface area contributed by atoms with Crippen LogP contribution in [-0.4, -0.2) is 43.2 Å². The molecular weight excluding hydrogens is 345 g/mol. The second-order valence-corrected chi connectivity index (χ2v) is 4.89. The summed E-state index contributed by atoms with van der Waals surface area (Å²) in [6.45, 7) is 1.63. The molecule has 0 saturated heterocycles. The van der Waals surface area contributed by atoms with Gasteiger partial charge in [0.25, 0.3) is 0 Å². The van der Waals surface area contributed by atoms with Crippen molar-refractivity contribution in [3.05, 3.63) is 40.4 Å². The highest BCUT2D eigenvalue weighted by Gasteiger charge is 2.09. The molecule has 1 aromatic rings. The van der Waals surface area contributed by atoms with Crippen LogP contribution in [0.2, 0.25) is 10.0 Å². The number of anilines is 1. The number of hydrogen-bond acceptors (Lipinski definition) is 6. The summed E-state index contributed by atoms with van der Waals surface area (Å²) in [4.78, 5) is 24.1. The first-order chi connectivity index (χ1) is 10.9. The van der Waals surface area contributed by atoms with Crippen LogP contribution in [0.25, 0.3) is 0 Å². The predicted molar refractivity (Wildman–Crippen MR) is 89.2 cm³/mol. The van der Waals surface area contributed by atoms with Gasteiger partial charge in [0.1, 0.15) is 0 Å². The van der Waals surface area contributed by atoms with E-state index in [-0.39, 0.29) is 0 Å². The molecule has 0 atom stereocenters. The van der Waals surface area contributed by atoms with E-state index in [0.29, 0.717) is 21.8 Å². The number of hydrogen-bond donors (Lipinski definition) is 3. The summed E-state index contributed by atoms with van der Waals surface area (Å²) >= 11 is 12.0. The van der Waals surface area contributed by atoms with E-state index in [1.165, 1.54) is 7.11 Å². The minimum Gasteiger partial charge on any atom is -0.478 e. The van der Waals surface area contributed by atoms with Gasteiger partial charge in [-0.1, -0.05) is 29.3 Å². The molecule has 1 aromatic carbocycles. The first kappa shape index (κ1) is 18.8. The smallest absolute Gasteiger partial charge is 0.330 e. The average Bonchev–Trinajstić information content (AvgIpc) is 3.02. The first-order valence-corrected chi connectivity index (χ1v) is 7.18. The van der Waals surface area contributed by atoms with Crippen LogP contribution in [0.1, 0.15) is 0 Å². The van der Waals surface area contributed by atoms with Crippen LogP contribution in [0.5, 0.6) is 0 Å². The summed E-state index contributed by atoms with van der Waals surface area (Å²) in [5, 5.41) is 15.3. The van der Waals surface area contributed by atoms with Gasteiger partial charge in [0, 0.05) is 18.7 Å². The third-order valence-corrected chi connectivity index (χ3v) is 3.07. The summed E-state index contributed by atoms with van der Waals surface area (Å²) in [6, 6.07) is 5.37. The number of aliphatic imine (C=N–C) groups is 1. The Kier molecular flexibility index (Phi) is 7.93. The number of esters is 1. The van der Waals surface area contributed by atoms with Crippen LogP contribution in [0.3, 0.4) is 0 Å². The summed E-state index contributed by atoms with van der Waals surface area (Å²) in [5.41, 5.74) is 0.698. The average molecular weight is 360 g/mol. The van der Waals surface area contributed by atoms with Crippen molar-refractivity contribution < 1.29 is 19.4 Å². The molecule has 0 saturated carbocycles. The molecule has 0 unspecified atom stereocenters. The van der Waals surface area contributed by atoms with Crippen molar-refractivity contribution in [1.82, 2.24) is 5.32 Å². The normalized spacial score (nSPS) is 12.7. The molecule has 7 nitrogen and oxygen atoms in total. The van der Waals surface area contributed by atoms with Crippen molar-refractivity contribution in [2.24, 2.45) is 4.99 Å². The lowest BCUT2D eigenvalue weighted by Gasteiger charge is -2.09. The summed E-state index contributed by atoms with van der Waals surface area (Å²) in [5.74, 6) is -1.11. The Morgan fingerprint density at radius 2 is 2.00 bits per heavy atom. The van der Waals surface area contributed by atoms with Gasteiger partial charge in [0.15, 0.2) is 5.96 Å². The second-order valence-electron chi connectivity index (χ2n) is 4.07. The number of carbonyl (C=O) groups excluding carboxylic acids is 1. The van der Waals surface area contributed by atoms with Gasteiger partial charge in [-0.15, -0.1) is 0 Å². The van der Waals surface area contributed by atoms with Crippen LogP contribution in [0.15, 0.2) is 35.3 Å². The highest BCUT2D eigenvalue weighted by molar-refractivity contribution is 6.39. The minimum absolute atomic E-state index is 0.592. The lowest BCUT2D eigenvalue weighted by atomic mass is 10.3. The molecule has 0 bridgehead atoms. The number of nitrogens with one attached hydrogen (secondary N) is 2. The zero-order valence-electron chi connectivity index (χ0n) is 12.2. The molecular formula is C14H15Cl2N3O4. The number of methoxy groups -OCH3 is 1. The lowest BCUT2D eigenvalue weighted by molar-refractivity contribution is -0.136. The van der Waals surface area contributed by atoms with Gasteiger partial charge in [-0.05, 0) is 12.1 Å². The molecule has 3 N–H and O–H groups in total. The van der Waals surface area contributed by atoms with E-state index in [0.717, 1.165) is 25.1 Å². The molecule has 1 heterocycles. The summed E-state index contributed by atoms with van der Waals surface area (Å²) in [6.07, 6.45) is 1.55.